The van der Waals surface area contributed by atoms with Crippen LogP contribution >= 0.6 is 11.8 Å². The van der Waals surface area contributed by atoms with Crippen LogP contribution < -0.4 is 0 Å². The molecule has 0 bridgehead atoms. The molecule has 4 aromatic rings. The van der Waals surface area contributed by atoms with Gasteiger partial charge in [0, 0.05) is 28.6 Å². The Hall–Kier alpha value is -2.81. The highest BCUT2D eigenvalue weighted by Crippen LogP contribution is 2.59. The second-order valence-electron chi connectivity index (χ2n) is 14.5. The highest BCUT2D eigenvalue weighted by atomic mass is 32.2. The van der Waals surface area contributed by atoms with E-state index in [0.29, 0.717) is 5.92 Å². The van der Waals surface area contributed by atoms with Gasteiger partial charge in [0.1, 0.15) is 0 Å². The molecule has 0 N–H and O–H groups in total. The van der Waals surface area contributed by atoms with E-state index in [1.165, 1.54) is 97.6 Å². The molecule has 8 unspecified atom stereocenters. The Labute approximate surface area is 268 Å². The first-order valence-electron chi connectivity index (χ1n) is 17.6. The number of rotatable bonds is 4. The Balaban J connectivity index is 0.957. The molecule has 0 amide bonds. The largest absolute Gasteiger partial charge is 0.292 e. The van der Waals surface area contributed by atoms with Crippen molar-refractivity contribution in [2.75, 3.05) is 0 Å². The van der Waals surface area contributed by atoms with Crippen molar-refractivity contribution in [2.24, 2.45) is 11.8 Å². The van der Waals surface area contributed by atoms with Crippen LogP contribution in [0.2, 0.25) is 0 Å². The van der Waals surface area contributed by atoms with E-state index < -0.39 is 0 Å². The van der Waals surface area contributed by atoms with Crippen LogP contribution in [0.15, 0.2) is 103 Å². The monoisotopic (exact) mass is 595 g/mol. The standard InChI is InChI=1S/C42H45NS/c1-2-9-28(10-3-1)29-19-21-30(22-20-29)31-11-6-12-32(25-31)33-13-7-14-34(26-33)35-23-24-38-37(27-35)36-15-8-18-41-42(36)43(38)39-16-4-5-17-40(39)44-41/h1-3,6-7,9-14,19-22,25-26,35-42H,4-5,8,15-18,23-24,27H2. The fourth-order valence-electron chi connectivity index (χ4n) is 10.3. The van der Waals surface area contributed by atoms with Crippen LogP contribution in [0.4, 0.5) is 0 Å². The van der Waals surface area contributed by atoms with Crippen molar-refractivity contribution in [3.63, 3.8) is 0 Å². The van der Waals surface area contributed by atoms with E-state index in [0.717, 1.165) is 40.5 Å². The lowest BCUT2D eigenvalue weighted by atomic mass is 9.69. The second-order valence-corrected chi connectivity index (χ2v) is 16.0. The van der Waals surface area contributed by atoms with E-state index in [2.05, 4.69) is 120 Å². The summed E-state index contributed by atoms with van der Waals surface area (Å²) in [5.74, 6) is 2.57. The summed E-state index contributed by atoms with van der Waals surface area (Å²) in [5.41, 5.74) is 9.40. The molecule has 4 aromatic carbocycles. The van der Waals surface area contributed by atoms with Crippen LogP contribution in [0, 0.1) is 11.8 Å². The molecule has 2 saturated heterocycles. The molecule has 224 valence electrons. The molecule has 3 aliphatic carbocycles. The van der Waals surface area contributed by atoms with Gasteiger partial charge in [-0.25, -0.2) is 0 Å². The van der Waals surface area contributed by atoms with Crippen LogP contribution in [0.25, 0.3) is 33.4 Å². The summed E-state index contributed by atoms with van der Waals surface area (Å²) in [5, 5.41) is 1.84. The maximum Gasteiger partial charge on any atom is 0.0252 e. The van der Waals surface area contributed by atoms with Gasteiger partial charge in [-0.3, -0.25) is 4.90 Å². The van der Waals surface area contributed by atoms with Gasteiger partial charge in [0.15, 0.2) is 0 Å². The first-order valence-corrected chi connectivity index (χ1v) is 18.5. The number of thioether (sulfide) groups is 1. The van der Waals surface area contributed by atoms with Crippen molar-refractivity contribution in [1.29, 1.82) is 0 Å². The molecule has 44 heavy (non-hydrogen) atoms. The summed E-state index contributed by atoms with van der Waals surface area (Å²) in [7, 11) is 0. The van der Waals surface area contributed by atoms with E-state index in [-0.39, 0.29) is 0 Å². The van der Waals surface area contributed by atoms with Crippen molar-refractivity contribution in [3.8, 4) is 33.4 Å². The van der Waals surface area contributed by atoms with Gasteiger partial charge in [-0.05, 0) is 108 Å². The molecule has 2 aliphatic heterocycles. The smallest absolute Gasteiger partial charge is 0.0252 e. The fourth-order valence-corrected chi connectivity index (χ4v) is 12.4. The van der Waals surface area contributed by atoms with Gasteiger partial charge in [-0.15, -0.1) is 0 Å². The minimum absolute atomic E-state index is 0.710. The molecular weight excluding hydrogens is 551 g/mol. The second kappa shape index (κ2) is 11.5. The molecular formula is C42H45NS. The summed E-state index contributed by atoms with van der Waals surface area (Å²) in [6.45, 7) is 0. The van der Waals surface area contributed by atoms with Gasteiger partial charge in [-0.2, -0.15) is 11.8 Å². The van der Waals surface area contributed by atoms with Crippen LogP contribution in [0.1, 0.15) is 75.7 Å². The average molecular weight is 596 g/mol. The van der Waals surface area contributed by atoms with Crippen molar-refractivity contribution in [3.05, 3.63) is 109 Å². The molecule has 1 nitrogen and oxygen atoms in total. The quantitative estimate of drug-likeness (QED) is 0.231. The zero-order valence-corrected chi connectivity index (χ0v) is 26.7. The lowest BCUT2D eigenvalue weighted by Crippen LogP contribution is -2.59. The number of nitrogens with zero attached hydrogens (tertiary/aromatic N) is 1. The van der Waals surface area contributed by atoms with Crippen LogP contribution in [-0.2, 0) is 0 Å². The topological polar surface area (TPSA) is 3.24 Å². The van der Waals surface area contributed by atoms with E-state index >= 15 is 0 Å². The third kappa shape index (κ3) is 4.79. The summed E-state index contributed by atoms with van der Waals surface area (Å²) in [6, 6.07) is 41.2. The third-order valence-electron chi connectivity index (χ3n) is 12.3. The molecule has 5 fully saturated rings. The fraction of sp³-hybridized carbons (Fsp3) is 0.429. The summed E-state index contributed by atoms with van der Waals surface area (Å²) < 4.78 is 0. The maximum absolute atomic E-state index is 3.20. The van der Waals surface area contributed by atoms with Crippen LogP contribution in [0.3, 0.4) is 0 Å². The minimum Gasteiger partial charge on any atom is -0.292 e. The average Bonchev–Trinajstić information content (AvgIpc) is 3.44. The van der Waals surface area contributed by atoms with Gasteiger partial charge in [0.2, 0.25) is 0 Å². The molecule has 0 spiro atoms. The van der Waals surface area contributed by atoms with Crippen LogP contribution in [0.5, 0.6) is 0 Å². The first-order chi connectivity index (χ1) is 21.8. The number of hydrogen-bond donors (Lipinski definition) is 0. The van der Waals surface area contributed by atoms with E-state index in [1.807, 2.05) is 0 Å². The predicted molar refractivity (Wildman–Crippen MR) is 187 cm³/mol. The van der Waals surface area contributed by atoms with E-state index in [4.69, 9.17) is 0 Å². The maximum atomic E-state index is 3.20. The summed E-state index contributed by atoms with van der Waals surface area (Å²) in [6.07, 6.45) is 14.5. The normalized spacial score (nSPS) is 32.8. The number of benzene rings is 4. The molecule has 3 saturated carbocycles. The highest BCUT2D eigenvalue weighted by molar-refractivity contribution is 8.00. The van der Waals surface area contributed by atoms with Gasteiger partial charge in [-0.1, -0.05) is 116 Å². The van der Waals surface area contributed by atoms with Gasteiger partial charge in [0.05, 0.1) is 0 Å². The Morgan fingerprint density at radius 2 is 1.14 bits per heavy atom. The Kier molecular flexibility index (Phi) is 7.20. The molecule has 0 aromatic heterocycles. The zero-order chi connectivity index (χ0) is 29.0. The van der Waals surface area contributed by atoms with E-state index in [9.17, 15) is 0 Å². The van der Waals surface area contributed by atoms with Crippen molar-refractivity contribution in [1.82, 2.24) is 4.90 Å². The molecule has 2 heteroatoms. The molecule has 2 heterocycles. The van der Waals surface area contributed by atoms with Crippen molar-refractivity contribution >= 4 is 11.8 Å². The minimum atomic E-state index is 0.710. The number of hydrogen-bond acceptors (Lipinski definition) is 2. The van der Waals surface area contributed by atoms with Crippen LogP contribution in [-0.4, -0.2) is 33.5 Å². The SMILES string of the molecule is c1ccc(-c2ccc(-c3cccc(-c4cccc(C5CCC6C(C5)C5CCCC7SC8CCCCC8N6C75)c4)c3)cc2)cc1. The highest BCUT2D eigenvalue weighted by Gasteiger charge is 2.59. The Morgan fingerprint density at radius 1 is 0.477 bits per heavy atom. The third-order valence-corrected chi connectivity index (χ3v) is 14.0. The Morgan fingerprint density at radius 3 is 1.98 bits per heavy atom. The van der Waals surface area contributed by atoms with E-state index in [1.54, 1.807) is 5.56 Å². The lowest BCUT2D eigenvalue weighted by Gasteiger charge is -2.53. The Bertz CT molecular complexity index is 1610. The summed E-state index contributed by atoms with van der Waals surface area (Å²) in [4.78, 5) is 3.20. The molecule has 5 aliphatic rings. The van der Waals surface area contributed by atoms with Gasteiger partial charge in [0.25, 0.3) is 0 Å². The van der Waals surface area contributed by atoms with Gasteiger partial charge >= 0.3 is 0 Å². The summed E-state index contributed by atoms with van der Waals surface area (Å²) >= 11 is 2.45. The first kappa shape index (κ1) is 27.5. The van der Waals surface area contributed by atoms with Crippen molar-refractivity contribution in [2.45, 2.75) is 98.8 Å². The number of fused-ring (bicyclic) bond motifs is 5. The molecule has 9 rings (SSSR count). The predicted octanol–water partition coefficient (Wildman–Crippen LogP) is 10.9. The van der Waals surface area contributed by atoms with Crippen molar-refractivity contribution < 1.29 is 0 Å². The van der Waals surface area contributed by atoms with Gasteiger partial charge < -0.3 is 0 Å². The molecule has 0 radical (unpaired) electrons. The molecule has 8 atom stereocenters. The zero-order valence-electron chi connectivity index (χ0n) is 25.9. The lowest BCUT2D eigenvalue weighted by molar-refractivity contribution is 0.0606.